The molecule has 0 saturated carbocycles. The molecule has 2 aromatic carbocycles. The normalized spacial score (nSPS) is 15.6. The quantitative estimate of drug-likeness (QED) is 0.246. The number of sulfone groups is 1. The first-order valence-electron chi connectivity index (χ1n) is 13.9. The molecule has 1 unspecified atom stereocenters. The summed E-state index contributed by atoms with van der Waals surface area (Å²) >= 11 is 0. The minimum Gasteiger partial charge on any atom is -0.382 e. The molecule has 1 atom stereocenters. The fourth-order valence-corrected chi connectivity index (χ4v) is 6.23. The standard InChI is InChI=1S/C30H38F2N6O5S/c1-37(2)10-11-38(3)22-6-8-25(28(15-22)33-21(17-42-4)18-43-5)30(39)34-29-26-16-23(7-9-27(26)35-36-29)44(40,41)24-13-19(31)12-20(32)14-24/h6-9,12-14,16,21-22,33H,10-11,15,17-18H2,1-5H3,(H2,34,35,36,39). The number of aromatic amines is 1. The van der Waals surface area contributed by atoms with Crippen molar-refractivity contribution in [2.24, 2.45) is 0 Å². The number of nitrogens with zero attached hydrogens (tertiary/aromatic N) is 3. The highest BCUT2D eigenvalue weighted by Gasteiger charge is 2.27. The fraction of sp³-hybridized carbons (Fsp3) is 0.400. The van der Waals surface area contributed by atoms with Crippen LogP contribution < -0.4 is 10.6 Å². The first-order chi connectivity index (χ1) is 20.9. The number of hydrogen-bond acceptors (Lipinski definition) is 9. The molecule has 0 saturated heterocycles. The third-order valence-electron chi connectivity index (χ3n) is 7.27. The van der Waals surface area contributed by atoms with Crippen LogP contribution >= 0.6 is 0 Å². The third kappa shape index (κ3) is 7.87. The van der Waals surface area contributed by atoms with Gasteiger partial charge in [0, 0.05) is 56.9 Å². The predicted molar refractivity (Wildman–Crippen MR) is 163 cm³/mol. The van der Waals surface area contributed by atoms with E-state index in [-0.39, 0.29) is 22.8 Å². The van der Waals surface area contributed by atoms with E-state index in [0.29, 0.717) is 47.9 Å². The minimum atomic E-state index is -4.27. The van der Waals surface area contributed by atoms with Crippen molar-refractivity contribution >= 4 is 32.5 Å². The van der Waals surface area contributed by atoms with Gasteiger partial charge in [-0.05, 0) is 51.5 Å². The Morgan fingerprint density at radius 2 is 1.73 bits per heavy atom. The maximum Gasteiger partial charge on any atom is 0.258 e. The maximum absolute atomic E-state index is 13.8. The molecule has 1 amide bonds. The molecule has 0 spiro atoms. The van der Waals surface area contributed by atoms with E-state index < -0.39 is 32.3 Å². The largest absolute Gasteiger partial charge is 0.382 e. The van der Waals surface area contributed by atoms with Crippen LogP contribution in [0.15, 0.2) is 69.6 Å². The summed E-state index contributed by atoms with van der Waals surface area (Å²) in [4.78, 5) is 17.3. The number of benzene rings is 2. The summed E-state index contributed by atoms with van der Waals surface area (Å²) in [5.41, 5.74) is 1.54. The van der Waals surface area contributed by atoms with Gasteiger partial charge in [0.25, 0.3) is 5.91 Å². The molecule has 3 aromatic rings. The van der Waals surface area contributed by atoms with Crippen LogP contribution in [0.2, 0.25) is 0 Å². The van der Waals surface area contributed by atoms with Crippen molar-refractivity contribution in [3.63, 3.8) is 0 Å². The number of H-pyrrole nitrogens is 1. The SMILES string of the molecule is COCC(COC)NC1=C(C(=O)Nc2n[nH]c3ccc(S(=O)(=O)c4cc(F)cc(F)c4)cc23)C=CC(N(C)CCN(C)C)C1. The highest BCUT2D eigenvalue weighted by atomic mass is 32.2. The summed E-state index contributed by atoms with van der Waals surface area (Å²) in [6.45, 7) is 2.40. The Bertz CT molecular complexity index is 1630. The van der Waals surface area contributed by atoms with Crippen LogP contribution in [0.4, 0.5) is 14.6 Å². The van der Waals surface area contributed by atoms with Crippen LogP contribution in [0.25, 0.3) is 10.9 Å². The third-order valence-corrected chi connectivity index (χ3v) is 9.00. The lowest BCUT2D eigenvalue weighted by Gasteiger charge is -2.32. The number of hydrogen-bond donors (Lipinski definition) is 3. The molecule has 0 aliphatic heterocycles. The molecule has 11 nitrogen and oxygen atoms in total. The maximum atomic E-state index is 13.8. The minimum absolute atomic E-state index is 0.0337. The Hall–Kier alpha value is -3.69. The second-order valence-electron chi connectivity index (χ2n) is 10.9. The topological polar surface area (TPSA) is 129 Å². The molecule has 0 bridgehead atoms. The summed E-state index contributed by atoms with van der Waals surface area (Å²) in [7, 11) is 4.96. The van der Waals surface area contributed by atoms with E-state index in [1.54, 1.807) is 20.3 Å². The molecule has 1 aromatic heterocycles. The van der Waals surface area contributed by atoms with Gasteiger partial charge in [-0.15, -0.1) is 0 Å². The van der Waals surface area contributed by atoms with E-state index in [2.05, 4.69) is 30.6 Å². The number of methoxy groups -OCH3 is 2. The summed E-state index contributed by atoms with van der Waals surface area (Å²) < 4.78 is 64.7. The first kappa shape index (κ1) is 33.2. The number of rotatable bonds is 14. The number of amides is 1. The number of aromatic nitrogens is 2. The van der Waals surface area contributed by atoms with Crippen molar-refractivity contribution in [1.82, 2.24) is 25.3 Å². The molecular weight excluding hydrogens is 594 g/mol. The van der Waals surface area contributed by atoms with Gasteiger partial charge in [-0.2, -0.15) is 5.10 Å². The lowest BCUT2D eigenvalue weighted by Crippen LogP contribution is -2.43. The number of halogens is 2. The molecule has 1 heterocycles. The molecule has 1 aliphatic rings. The van der Waals surface area contributed by atoms with Crippen molar-refractivity contribution in [2.45, 2.75) is 28.3 Å². The van der Waals surface area contributed by atoms with Gasteiger partial charge in [-0.25, -0.2) is 17.2 Å². The van der Waals surface area contributed by atoms with E-state index in [0.717, 1.165) is 25.2 Å². The zero-order valence-electron chi connectivity index (χ0n) is 25.4. The molecule has 238 valence electrons. The average molecular weight is 633 g/mol. The molecule has 44 heavy (non-hydrogen) atoms. The number of nitrogens with one attached hydrogen (secondary N) is 3. The van der Waals surface area contributed by atoms with Gasteiger partial charge in [-0.3, -0.25) is 14.8 Å². The Morgan fingerprint density at radius 1 is 1.05 bits per heavy atom. The summed E-state index contributed by atoms with van der Waals surface area (Å²) in [6, 6.07) is 6.00. The van der Waals surface area contributed by atoms with Crippen LogP contribution in [0.5, 0.6) is 0 Å². The van der Waals surface area contributed by atoms with Crippen LogP contribution in [0.3, 0.4) is 0 Å². The zero-order chi connectivity index (χ0) is 32.0. The number of carbonyl (C=O) groups is 1. The molecular formula is C30H38F2N6O5S. The smallest absolute Gasteiger partial charge is 0.258 e. The van der Waals surface area contributed by atoms with Gasteiger partial charge in [0.05, 0.1) is 40.1 Å². The monoisotopic (exact) mass is 632 g/mol. The van der Waals surface area contributed by atoms with E-state index in [1.807, 2.05) is 27.2 Å². The first-order valence-corrected chi connectivity index (χ1v) is 15.4. The number of carbonyl (C=O) groups excluding carboxylic acids is 1. The molecule has 14 heteroatoms. The van der Waals surface area contributed by atoms with Gasteiger partial charge in [-0.1, -0.05) is 12.2 Å². The molecule has 1 aliphatic carbocycles. The van der Waals surface area contributed by atoms with Crippen molar-refractivity contribution < 1.29 is 31.5 Å². The van der Waals surface area contributed by atoms with Crippen LogP contribution in [-0.4, -0.2) is 108 Å². The Labute approximate surface area is 255 Å². The number of ether oxygens (including phenoxy) is 2. The zero-order valence-corrected chi connectivity index (χ0v) is 26.2. The lowest BCUT2D eigenvalue weighted by molar-refractivity contribution is -0.112. The van der Waals surface area contributed by atoms with E-state index in [4.69, 9.17) is 9.47 Å². The van der Waals surface area contributed by atoms with Crippen molar-refractivity contribution in [2.75, 3.05) is 67.0 Å². The summed E-state index contributed by atoms with van der Waals surface area (Å²) in [5.74, 6) is -2.38. The van der Waals surface area contributed by atoms with Crippen molar-refractivity contribution in [3.05, 3.63) is 71.5 Å². The molecule has 3 N–H and O–H groups in total. The summed E-state index contributed by atoms with van der Waals surface area (Å²) in [5, 5.41) is 13.5. The van der Waals surface area contributed by atoms with Gasteiger partial charge in [0.2, 0.25) is 9.84 Å². The van der Waals surface area contributed by atoms with E-state index in [9.17, 15) is 22.0 Å². The molecule has 4 rings (SSSR count). The second kappa shape index (κ2) is 14.4. The Morgan fingerprint density at radius 3 is 2.36 bits per heavy atom. The van der Waals surface area contributed by atoms with Gasteiger partial charge >= 0.3 is 0 Å². The Kier molecular flexibility index (Phi) is 10.9. The molecule has 0 fully saturated rings. The predicted octanol–water partition coefficient (Wildman–Crippen LogP) is 2.94. The van der Waals surface area contributed by atoms with Crippen LogP contribution in [-0.2, 0) is 24.1 Å². The van der Waals surface area contributed by atoms with Crippen LogP contribution in [0, 0.1) is 11.6 Å². The van der Waals surface area contributed by atoms with Crippen molar-refractivity contribution in [1.29, 1.82) is 0 Å². The molecule has 0 radical (unpaired) electrons. The van der Waals surface area contributed by atoms with E-state index in [1.165, 1.54) is 18.2 Å². The van der Waals surface area contributed by atoms with Gasteiger partial charge in [0.15, 0.2) is 5.82 Å². The number of anilines is 1. The lowest BCUT2D eigenvalue weighted by atomic mass is 9.96. The van der Waals surface area contributed by atoms with E-state index >= 15 is 0 Å². The number of fused-ring (bicyclic) bond motifs is 1. The van der Waals surface area contributed by atoms with Crippen molar-refractivity contribution in [3.8, 4) is 0 Å². The Balaban J connectivity index is 1.64. The second-order valence-corrected chi connectivity index (χ2v) is 12.9. The highest BCUT2D eigenvalue weighted by molar-refractivity contribution is 7.91. The fourth-order valence-electron chi connectivity index (χ4n) is 4.90. The van der Waals surface area contributed by atoms with Crippen LogP contribution in [0.1, 0.15) is 6.42 Å². The average Bonchev–Trinajstić information content (AvgIpc) is 3.37. The number of likely N-dealkylation sites (N-methyl/N-ethyl adjacent to an activating group) is 2. The van der Waals surface area contributed by atoms with Gasteiger partial charge in [0.1, 0.15) is 11.6 Å². The highest BCUT2D eigenvalue weighted by Crippen LogP contribution is 2.29. The van der Waals surface area contributed by atoms with Gasteiger partial charge < -0.3 is 25.0 Å². The summed E-state index contributed by atoms with van der Waals surface area (Å²) in [6.07, 6.45) is 4.27.